The van der Waals surface area contributed by atoms with Gasteiger partial charge in [-0.25, -0.2) is 9.18 Å². The van der Waals surface area contributed by atoms with E-state index < -0.39 is 11.8 Å². The van der Waals surface area contributed by atoms with E-state index in [0.717, 1.165) is 16.9 Å². The Kier molecular flexibility index (Phi) is 4.16. The topological polar surface area (TPSA) is 86.6 Å². The number of carboxylic acid groups (broad SMARTS) is 1. The van der Waals surface area contributed by atoms with Gasteiger partial charge >= 0.3 is 5.97 Å². The molecule has 0 fully saturated rings. The zero-order valence-corrected chi connectivity index (χ0v) is 14.7. The zero-order valence-electron chi connectivity index (χ0n) is 13.9. The molecule has 5 nitrogen and oxygen atoms in total. The van der Waals surface area contributed by atoms with E-state index in [0.29, 0.717) is 21.7 Å². The first-order chi connectivity index (χ1) is 12.9. The first-order valence-corrected chi connectivity index (χ1v) is 9.00. The first-order valence-electron chi connectivity index (χ1n) is 8.18. The molecule has 3 aromatic rings. The summed E-state index contributed by atoms with van der Waals surface area (Å²) in [6.45, 7) is 0. The molecule has 1 aliphatic rings. The number of hydrogen-bond donors (Lipinski definition) is 3. The Labute approximate surface area is 157 Å². The molecule has 1 amide bonds. The van der Waals surface area contributed by atoms with Crippen LogP contribution in [0, 0.1) is 5.82 Å². The monoisotopic (exact) mass is 383 g/mol. The number of phenols is 1. The predicted octanol–water partition coefficient (Wildman–Crippen LogP) is 4.43. The highest BCUT2D eigenvalue weighted by Gasteiger charge is 2.34. The van der Waals surface area contributed by atoms with Crippen molar-refractivity contribution in [1.82, 2.24) is 0 Å². The van der Waals surface area contributed by atoms with Crippen LogP contribution in [0.1, 0.15) is 32.5 Å². The second-order valence-corrected chi connectivity index (χ2v) is 7.31. The second kappa shape index (κ2) is 6.51. The van der Waals surface area contributed by atoms with Crippen LogP contribution in [-0.2, 0) is 4.79 Å². The molecule has 1 aromatic heterocycles. The van der Waals surface area contributed by atoms with Crippen molar-refractivity contribution >= 4 is 28.9 Å². The van der Waals surface area contributed by atoms with Gasteiger partial charge in [-0.1, -0.05) is 24.3 Å². The molecule has 0 bridgehead atoms. The van der Waals surface area contributed by atoms with E-state index in [9.17, 15) is 24.2 Å². The number of halogens is 1. The number of nitrogens with one attached hydrogen (secondary N) is 1. The highest BCUT2D eigenvalue weighted by atomic mass is 32.1. The molecule has 0 saturated carbocycles. The van der Waals surface area contributed by atoms with Gasteiger partial charge in [0.25, 0.3) is 0 Å². The summed E-state index contributed by atoms with van der Waals surface area (Å²) < 4.78 is 13.7. The van der Waals surface area contributed by atoms with Crippen LogP contribution in [0.3, 0.4) is 0 Å². The Bertz CT molecular complexity index is 1060. The molecule has 1 unspecified atom stereocenters. The SMILES string of the molecule is O=C1CC(c2ccc(O)cc2)c2sc(C(=O)O)c(-c3cccc(F)c3)c2N1. The Hall–Kier alpha value is -3.19. The first kappa shape index (κ1) is 17.2. The summed E-state index contributed by atoms with van der Waals surface area (Å²) in [5, 5.41) is 22.0. The Balaban J connectivity index is 1.94. The van der Waals surface area contributed by atoms with Crippen LogP contribution in [0.4, 0.5) is 10.1 Å². The summed E-state index contributed by atoms with van der Waals surface area (Å²) in [6.07, 6.45) is 0.167. The van der Waals surface area contributed by atoms with Gasteiger partial charge in [0.1, 0.15) is 16.4 Å². The van der Waals surface area contributed by atoms with Gasteiger partial charge in [-0.3, -0.25) is 4.79 Å². The number of fused-ring (bicyclic) bond motifs is 1. The molecule has 0 spiro atoms. The zero-order chi connectivity index (χ0) is 19.1. The third-order valence-corrected chi connectivity index (χ3v) is 5.80. The molecule has 0 aliphatic carbocycles. The number of carboxylic acids is 1. The minimum absolute atomic E-state index is 0.0524. The lowest BCUT2D eigenvalue weighted by atomic mass is 9.88. The van der Waals surface area contributed by atoms with Gasteiger partial charge in [0, 0.05) is 22.8 Å². The van der Waals surface area contributed by atoms with Crippen molar-refractivity contribution in [2.24, 2.45) is 0 Å². The van der Waals surface area contributed by atoms with Crippen molar-refractivity contribution in [1.29, 1.82) is 0 Å². The number of benzene rings is 2. The molecule has 3 N–H and O–H groups in total. The number of aromatic carboxylic acids is 1. The molecular formula is C20H14FNO4S. The molecule has 7 heteroatoms. The quantitative estimate of drug-likeness (QED) is 0.624. The molecule has 1 aliphatic heterocycles. The maximum absolute atomic E-state index is 13.7. The molecular weight excluding hydrogens is 369 g/mol. The summed E-state index contributed by atoms with van der Waals surface area (Å²) in [5.41, 5.74) is 1.93. The van der Waals surface area contributed by atoms with E-state index >= 15 is 0 Å². The van der Waals surface area contributed by atoms with Crippen molar-refractivity contribution in [2.75, 3.05) is 5.32 Å². The van der Waals surface area contributed by atoms with Crippen molar-refractivity contribution in [2.45, 2.75) is 12.3 Å². The van der Waals surface area contributed by atoms with Crippen molar-refractivity contribution < 1.29 is 24.2 Å². The number of carbonyl (C=O) groups excluding carboxylic acids is 1. The fourth-order valence-corrected chi connectivity index (χ4v) is 4.58. The minimum atomic E-state index is -1.13. The third-order valence-electron chi connectivity index (χ3n) is 4.51. The third kappa shape index (κ3) is 3.06. The molecule has 0 saturated heterocycles. The van der Waals surface area contributed by atoms with Gasteiger partial charge in [-0.2, -0.15) is 0 Å². The van der Waals surface area contributed by atoms with E-state index in [1.807, 2.05) is 0 Å². The summed E-state index contributed by atoms with van der Waals surface area (Å²) in [7, 11) is 0. The van der Waals surface area contributed by atoms with E-state index in [1.165, 1.54) is 30.3 Å². The molecule has 1 atom stereocenters. The van der Waals surface area contributed by atoms with Crippen LogP contribution >= 0.6 is 11.3 Å². The van der Waals surface area contributed by atoms with E-state index in [1.54, 1.807) is 18.2 Å². The van der Waals surface area contributed by atoms with Gasteiger partial charge in [0.15, 0.2) is 0 Å². The molecule has 4 rings (SSSR count). The number of phenolic OH excluding ortho intramolecular Hbond substituents is 1. The van der Waals surface area contributed by atoms with Crippen LogP contribution in [0.15, 0.2) is 48.5 Å². The number of aromatic hydroxyl groups is 1. The number of anilines is 1. The van der Waals surface area contributed by atoms with Gasteiger partial charge in [0.2, 0.25) is 5.91 Å². The highest BCUT2D eigenvalue weighted by Crippen LogP contribution is 2.49. The second-order valence-electron chi connectivity index (χ2n) is 6.26. The Morgan fingerprint density at radius 2 is 1.93 bits per heavy atom. The maximum Gasteiger partial charge on any atom is 0.346 e. The summed E-state index contributed by atoms with van der Waals surface area (Å²) in [6, 6.07) is 12.1. The van der Waals surface area contributed by atoms with E-state index in [2.05, 4.69) is 5.32 Å². The highest BCUT2D eigenvalue weighted by molar-refractivity contribution is 7.15. The molecule has 0 radical (unpaired) electrons. The van der Waals surface area contributed by atoms with Crippen molar-refractivity contribution in [3.63, 3.8) is 0 Å². The van der Waals surface area contributed by atoms with Gasteiger partial charge in [-0.15, -0.1) is 11.3 Å². The van der Waals surface area contributed by atoms with Crippen LogP contribution in [0.25, 0.3) is 11.1 Å². The number of carbonyl (C=O) groups is 2. The standard InChI is InChI=1S/C20H14FNO4S/c21-12-3-1-2-11(8-12)16-17-18(27-19(16)20(25)26)14(9-15(24)22-17)10-4-6-13(23)7-5-10/h1-8,14,23H,9H2,(H,22,24)(H,25,26). The van der Waals surface area contributed by atoms with Gasteiger partial charge in [-0.05, 0) is 35.4 Å². The van der Waals surface area contributed by atoms with Crippen LogP contribution in [0.5, 0.6) is 5.75 Å². The van der Waals surface area contributed by atoms with Crippen LogP contribution in [0.2, 0.25) is 0 Å². The molecule has 27 heavy (non-hydrogen) atoms. The lowest BCUT2D eigenvalue weighted by Gasteiger charge is -2.24. The summed E-state index contributed by atoms with van der Waals surface area (Å²) >= 11 is 1.08. The number of rotatable bonds is 3. The maximum atomic E-state index is 13.7. The smallest absolute Gasteiger partial charge is 0.346 e. The number of hydrogen-bond acceptors (Lipinski definition) is 4. The van der Waals surface area contributed by atoms with Gasteiger partial charge < -0.3 is 15.5 Å². The van der Waals surface area contributed by atoms with Crippen molar-refractivity contribution in [3.05, 3.63) is 69.7 Å². The largest absolute Gasteiger partial charge is 0.508 e. The fourth-order valence-electron chi connectivity index (χ4n) is 3.33. The normalized spacial score (nSPS) is 15.9. The summed E-state index contributed by atoms with van der Waals surface area (Å²) in [4.78, 5) is 24.9. The molecule has 136 valence electrons. The van der Waals surface area contributed by atoms with E-state index in [4.69, 9.17) is 0 Å². The van der Waals surface area contributed by atoms with Crippen molar-refractivity contribution in [3.8, 4) is 16.9 Å². The average Bonchev–Trinajstić information content (AvgIpc) is 3.01. The minimum Gasteiger partial charge on any atom is -0.508 e. The average molecular weight is 383 g/mol. The number of thiophene rings is 1. The molecule has 2 aromatic carbocycles. The fraction of sp³-hybridized carbons (Fsp3) is 0.100. The van der Waals surface area contributed by atoms with Crippen LogP contribution in [-0.4, -0.2) is 22.1 Å². The Morgan fingerprint density at radius 3 is 2.59 bits per heavy atom. The lowest BCUT2D eigenvalue weighted by molar-refractivity contribution is -0.116. The molecule has 2 heterocycles. The summed E-state index contributed by atoms with van der Waals surface area (Å²) in [5.74, 6) is -2.09. The predicted molar refractivity (Wildman–Crippen MR) is 99.9 cm³/mol. The number of amides is 1. The Morgan fingerprint density at radius 1 is 1.19 bits per heavy atom. The van der Waals surface area contributed by atoms with E-state index in [-0.39, 0.29) is 28.9 Å². The van der Waals surface area contributed by atoms with Gasteiger partial charge in [0.05, 0.1) is 5.69 Å². The van der Waals surface area contributed by atoms with Crippen LogP contribution < -0.4 is 5.32 Å². The lowest BCUT2D eigenvalue weighted by Crippen LogP contribution is -2.22.